The first-order chi connectivity index (χ1) is 36.9. The second kappa shape index (κ2) is 22.7. The van der Waals surface area contributed by atoms with Crippen molar-refractivity contribution in [1.29, 1.82) is 0 Å². The van der Waals surface area contributed by atoms with Crippen molar-refractivity contribution in [2.75, 3.05) is 34.5 Å². The Morgan fingerprint density at radius 3 is 1.18 bits per heavy atom. The first-order valence-electron chi connectivity index (χ1n) is 24.2. The van der Waals surface area contributed by atoms with Crippen molar-refractivity contribution in [3.8, 4) is 23.0 Å². The minimum Gasteiger partial charge on any atom is -0.505 e. The standard InChI is InChI=1S/C60H50N8O8/c1-5-75-51-27-25-41(33-45(51)57(71)61-39-19-9-7-10-20-39)65-67-53-43-23-15-13-17-37(43)31-47(55(53)69)59(73)63-49-29-36(4)50(30-35(49)3)64-60(74)48-32-38-18-14-16-24-44(38)54(56(48)70)68-66-42-26-28-52(76-6-2)46(34-42)58(72)62-40-21-11-8-12-22-40/h7-34,69-70H,5-6H2,1-4H3,(H,61,71)(H,62,72)(H,63,73)(H,64,74). The van der Waals surface area contributed by atoms with Crippen LogP contribution in [-0.4, -0.2) is 47.1 Å². The van der Waals surface area contributed by atoms with Crippen LogP contribution in [0.1, 0.15) is 66.4 Å². The van der Waals surface area contributed by atoms with Crippen molar-refractivity contribution in [3.63, 3.8) is 0 Å². The Kier molecular flexibility index (Phi) is 15.1. The molecule has 0 aliphatic carbocycles. The van der Waals surface area contributed by atoms with E-state index in [0.29, 0.717) is 91.5 Å². The van der Waals surface area contributed by atoms with Crippen LogP contribution in [0.2, 0.25) is 0 Å². The topological polar surface area (TPSA) is 225 Å². The highest BCUT2D eigenvalue weighted by molar-refractivity contribution is 6.14. The summed E-state index contributed by atoms with van der Waals surface area (Å²) in [4.78, 5) is 55.1. The third-order valence-corrected chi connectivity index (χ3v) is 12.2. The summed E-state index contributed by atoms with van der Waals surface area (Å²) in [6.07, 6.45) is 0. The molecule has 0 radical (unpaired) electrons. The Balaban J connectivity index is 0.953. The van der Waals surface area contributed by atoms with Crippen molar-refractivity contribution >= 4 is 90.7 Å². The van der Waals surface area contributed by atoms with Gasteiger partial charge in [0.15, 0.2) is 11.5 Å². The largest absolute Gasteiger partial charge is 0.505 e. The average molecular weight is 1010 g/mol. The maximum absolute atomic E-state index is 14.1. The van der Waals surface area contributed by atoms with Crippen LogP contribution in [0, 0.1) is 13.8 Å². The van der Waals surface area contributed by atoms with Gasteiger partial charge in [0, 0.05) is 33.5 Å². The number of phenolic OH excluding ortho intramolecular Hbond substituents is 2. The van der Waals surface area contributed by atoms with Gasteiger partial charge in [0.25, 0.3) is 23.6 Å². The molecule has 0 aliphatic heterocycles. The first-order valence-corrected chi connectivity index (χ1v) is 24.2. The first kappa shape index (κ1) is 50.7. The van der Waals surface area contributed by atoms with Crippen LogP contribution in [0.25, 0.3) is 21.5 Å². The van der Waals surface area contributed by atoms with Gasteiger partial charge in [0.2, 0.25) is 0 Å². The van der Waals surface area contributed by atoms with Crippen LogP contribution in [0.3, 0.4) is 0 Å². The quantitative estimate of drug-likeness (QED) is 0.0509. The van der Waals surface area contributed by atoms with Gasteiger partial charge in [-0.25, -0.2) is 0 Å². The van der Waals surface area contributed by atoms with Crippen LogP contribution in [0.4, 0.5) is 45.5 Å². The lowest BCUT2D eigenvalue weighted by molar-refractivity contribution is 0.101. The molecule has 16 heteroatoms. The molecule has 378 valence electrons. The van der Waals surface area contributed by atoms with E-state index in [-0.39, 0.29) is 33.6 Å². The number of fused-ring (bicyclic) bond motifs is 2. The molecular formula is C60H50N8O8. The van der Waals surface area contributed by atoms with E-state index < -0.39 is 35.1 Å². The van der Waals surface area contributed by atoms with Crippen molar-refractivity contribution in [3.05, 3.63) is 203 Å². The number of benzene rings is 9. The Morgan fingerprint density at radius 1 is 0.421 bits per heavy atom. The zero-order chi connectivity index (χ0) is 53.3. The summed E-state index contributed by atoms with van der Waals surface area (Å²) in [6, 6.07) is 48.3. The van der Waals surface area contributed by atoms with Crippen LogP contribution in [0.15, 0.2) is 190 Å². The number of nitrogens with one attached hydrogen (secondary N) is 4. The number of para-hydroxylation sites is 2. The zero-order valence-electron chi connectivity index (χ0n) is 41.7. The number of carbonyl (C=O) groups is 4. The molecule has 0 fully saturated rings. The molecule has 0 unspecified atom stereocenters. The summed E-state index contributed by atoms with van der Waals surface area (Å²) in [5.74, 6) is -2.24. The van der Waals surface area contributed by atoms with Gasteiger partial charge >= 0.3 is 0 Å². The van der Waals surface area contributed by atoms with Crippen LogP contribution in [-0.2, 0) is 0 Å². The third kappa shape index (κ3) is 11.2. The van der Waals surface area contributed by atoms with E-state index >= 15 is 0 Å². The maximum Gasteiger partial charge on any atom is 0.259 e. The molecule has 0 saturated heterocycles. The van der Waals surface area contributed by atoms with Gasteiger partial charge in [-0.3, -0.25) is 19.2 Å². The van der Waals surface area contributed by atoms with E-state index in [1.54, 1.807) is 135 Å². The summed E-state index contributed by atoms with van der Waals surface area (Å²) in [5, 5.41) is 54.9. The van der Waals surface area contributed by atoms with Crippen LogP contribution >= 0.6 is 0 Å². The van der Waals surface area contributed by atoms with Crippen molar-refractivity contribution in [2.45, 2.75) is 27.7 Å². The van der Waals surface area contributed by atoms with E-state index in [1.807, 2.05) is 50.2 Å². The molecule has 0 heterocycles. The SMILES string of the molecule is CCOc1ccc(N=Nc2c(O)c(C(=O)Nc3cc(C)c(NC(=O)c4cc5ccccc5c(N=Nc5ccc(OCC)c(C(=O)Nc6ccccc6)c5)c4O)cc3C)cc3ccccc23)cc1C(=O)Nc1ccccc1. The number of rotatable bonds is 16. The van der Waals surface area contributed by atoms with E-state index in [2.05, 4.69) is 41.7 Å². The number of aryl methyl sites for hydroxylation is 2. The molecule has 4 amide bonds. The molecule has 0 aromatic heterocycles. The number of azo groups is 2. The van der Waals surface area contributed by atoms with Gasteiger partial charge in [0.05, 0.1) is 46.8 Å². The molecule has 0 atom stereocenters. The lowest BCUT2D eigenvalue weighted by atomic mass is 10.0. The van der Waals surface area contributed by atoms with Crippen LogP contribution in [0.5, 0.6) is 23.0 Å². The fourth-order valence-corrected chi connectivity index (χ4v) is 8.38. The van der Waals surface area contributed by atoms with E-state index in [9.17, 15) is 29.4 Å². The predicted octanol–water partition coefficient (Wildman–Crippen LogP) is 14.7. The Morgan fingerprint density at radius 2 is 0.789 bits per heavy atom. The molecule has 0 bridgehead atoms. The summed E-state index contributed by atoms with van der Waals surface area (Å²) in [6.45, 7) is 7.77. The van der Waals surface area contributed by atoms with Crippen molar-refractivity contribution < 1.29 is 38.9 Å². The maximum atomic E-state index is 14.1. The van der Waals surface area contributed by atoms with Crippen molar-refractivity contribution in [2.24, 2.45) is 20.5 Å². The smallest absolute Gasteiger partial charge is 0.259 e. The number of hydrogen-bond acceptors (Lipinski definition) is 12. The number of aromatic hydroxyl groups is 2. The highest BCUT2D eigenvalue weighted by Crippen LogP contribution is 2.42. The number of ether oxygens (including phenoxy) is 2. The van der Waals surface area contributed by atoms with E-state index in [4.69, 9.17) is 9.47 Å². The summed E-state index contributed by atoms with van der Waals surface area (Å²) >= 11 is 0. The fraction of sp³-hybridized carbons (Fsp3) is 0.100. The molecule has 9 rings (SSSR count). The Hall–Kier alpha value is -10.2. The third-order valence-electron chi connectivity index (χ3n) is 12.2. The second-order valence-corrected chi connectivity index (χ2v) is 17.3. The molecular weight excluding hydrogens is 961 g/mol. The molecule has 9 aromatic rings. The number of hydrogen-bond donors (Lipinski definition) is 6. The number of nitrogens with zero attached hydrogens (tertiary/aromatic N) is 4. The predicted molar refractivity (Wildman–Crippen MR) is 295 cm³/mol. The van der Waals surface area contributed by atoms with Gasteiger partial charge in [0.1, 0.15) is 22.9 Å². The van der Waals surface area contributed by atoms with Gasteiger partial charge < -0.3 is 41.0 Å². The minimum absolute atomic E-state index is 0.0360. The number of amides is 4. The van der Waals surface area contributed by atoms with Crippen LogP contribution < -0.4 is 30.7 Å². The van der Waals surface area contributed by atoms with Gasteiger partial charge in [-0.2, -0.15) is 10.2 Å². The molecule has 0 spiro atoms. The van der Waals surface area contributed by atoms with Gasteiger partial charge in [-0.05, 0) is 135 Å². The summed E-state index contributed by atoms with van der Waals surface area (Å²) in [7, 11) is 0. The highest BCUT2D eigenvalue weighted by Gasteiger charge is 2.23. The average Bonchev–Trinajstić information content (AvgIpc) is 3.45. The van der Waals surface area contributed by atoms with E-state index in [1.165, 1.54) is 12.1 Å². The molecule has 16 nitrogen and oxygen atoms in total. The van der Waals surface area contributed by atoms with E-state index in [0.717, 1.165) is 0 Å². The fourth-order valence-electron chi connectivity index (χ4n) is 8.38. The highest BCUT2D eigenvalue weighted by atomic mass is 16.5. The Labute approximate surface area is 436 Å². The number of anilines is 4. The lowest BCUT2D eigenvalue weighted by Crippen LogP contribution is -2.15. The van der Waals surface area contributed by atoms with Gasteiger partial charge in [-0.1, -0.05) is 84.9 Å². The minimum atomic E-state index is -0.639. The molecule has 0 aliphatic rings. The number of phenols is 2. The Bertz CT molecular complexity index is 3520. The zero-order valence-corrected chi connectivity index (χ0v) is 41.7. The normalized spacial score (nSPS) is 11.2. The number of carbonyl (C=O) groups excluding carboxylic acids is 4. The monoisotopic (exact) mass is 1010 g/mol. The second-order valence-electron chi connectivity index (χ2n) is 17.3. The molecule has 76 heavy (non-hydrogen) atoms. The lowest BCUT2D eigenvalue weighted by Gasteiger charge is -2.16. The summed E-state index contributed by atoms with van der Waals surface area (Å²) in [5.41, 5.74) is 4.10. The molecule has 9 aromatic carbocycles. The van der Waals surface area contributed by atoms with Gasteiger partial charge in [-0.15, -0.1) is 10.2 Å². The van der Waals surface area contributed by atoms with Crippen molar-refractivity contribution in [1.82, 2.24) is 0 Å². The summed E-state index contributed by atoms with van der Waals surface area (Å²) < 4.78 is 11.5. The molecule has 6 N–H and O–H groups in total. The molecule has 0 saturated carbocycles.